The molecule has 4 fully saturated rings. The van der Waals surface area contributed by atoms with E-state index in [0.29, 0.717) is 89.2 Å². The van der Waals surface area contributed by atoms with Crippen LogP contribution in [0.5, 0.6) is 23.0 Å². The fraction of sp³-hybridized carbons (Fsp3) is 0.385. The highest BCUT2D eigenvalue weighted by Crippen LogP contribution is 2.48. The summed E-state index contributed by atoms with van der Waals surface area (Å²) >= 11 is 27.9. The second kappa shape index (κ2) is 23.1. The Balaban J connectivity index is 0.884. The number of alkyl halides is 2. The number of benzene rings is 2. The third-order valence-corrected chi connectivity index (χ3v) is 15.5. The van der Waals surface area contributed by atoms with Crippen LogP contribution in [0, 0.1) is 0 Å². The number of nitrogens with zero attached hydrogens (tertiary/aromatic N) is 9. The molecule has 2 aromatic carbocycles. The standard InChI is InChI=1S/C52H53Cl4F2N13O8/c1-7-40(72)63-32-21-77-19-30(32)61-38-11-26-28(15-59-38)65-48(42-44(53)34(74-4)13-35(75-5)45(42)54)67-50(26)70-17-25(18-70)69(3)9-10-79-37-14-36(76-6)46(55)43(47(37)56)49-66-29-16-60-39(62-31-20-78-22-33(31)64-41(73)8-2)12-27(29)51(68-49)71-23-52(57,58)24-71/h7-8,11-16,25,30-33H,1-2,9-10,17-24H2,3-6H3,(H,59,61)(H,60,62)(H,63,72)(H,64,73)/t30-,31-,32+,33+/m1/s1. The SMILES string of the molecule is C=CC(=O)N[C@H]1COC[C@H]1Nc1cc2c(N3CC(N(C)CCOc4cc(OC)c(Cl)c(-c5nc(N6CC(F)(F)C6)c6cc(N[C@@H]7COC[C@@H]7NC(=O)C=C)ncc6n5)c4Cl)C3)nc(-c3c(Cl)c(OC)cc(OC)c3Cl)nc2cn1. The van der Waals surface area contributed by atoms with Crippen LogP contribution in [-0.4, -0.2) is 177 Å². The molecule has 4 N–H and O–H groups in total. The number of aromatic nitrogens is 6. The molecule has 0 unspecified atom stereocenters. The fourth-order valence-corrected chi connectivity index (χ4v) is 10.9. The highest BCUT2D eigenvalue weighted by atomic mass is 35.5. The van der Waals surface area contributed by atoms with Crippen LogP contribution in [0.3, 0.4) is 0 Å². The van der Waals surface area contributed by atoms with Crippen LogP contribution in [0.1, 0.15) is 0 Å². The number of hydrogen-bond acceptors (Lipinski definition) is 19. The van der Waals surface area contributed by atoms with Crippen molar-refractivity contribution in [3.8, 4) is 45.8 Å². The van der Waals surface area contributed by atoms with Crippen LogP contribution >= 0.6 is 46.4 Å². The summed E-state index contributed by atoms with van der Waals surface area (Å²) in [4.78, 5) is 58.8. The van der Waals surface area contributed by atoms with E-state index in [9.17, 15) is 18.4 Å². The van der Waals surface area contributed by atoms with Gasteiger partial charge in [0, 0.05) is 48.6 Å². The Morgan fingerprint density at radius 1 is 0.684 bits per heavy atom. The van der Waals surface area contributed by atoms with Crippen LogP contribution in [0.15, 0.2) is 62.0 Å². The largest absolute Gasteiger partial charge is 0.495 e. The predicted octanol–water partition coefficient (Wildman–Crippen LogP) is 6.95. The number of halogens is 6. The minimum absolute atomic E-state index is 0.0323. The molecular formula is C52H53Cl4F2N13O8. The molecule has 2 amide bonds. The lowest BCUT2D eigenvalue weighted by atomic mass is 10.1. The van der Waals surface area contributed by atoms with Crippen molar-refractivity contribution >= 4 is 103 Å². The molecule has 10 rings (SSSR count). The van der Waals surface area contributed by atoms with E-state index in [1.54, 1.807) is 24.4 Å². The van der Waals surface area contributed by atoms with E-state index in [4.69, 9.17) is 94.8 Å². The summed E-state index contributed by atoms with van der Waals surface area (Å²) in [5, 5.41) is 14.1. The number of hydrogen-bond donors (Lipinski definition) is 4. The van der Waals surface area contributed by atoms with Gasteiger partial charge in [0.1, 0.15) is 52.9 Å². The molecule has 4 atom stereocenters. The van der Waals surface area contributed by atoms with E-state index in [0.717, 1.165) is 0 Å². The van der Waals surface area contributed by atoms with Gasteiger partial charge in [-0.25, -0.2) is 38.7 Å². The van der Waals surface area contributed by atoms with Gasteiger partial charge in [0.2, 0.25) is 11.8 Å². The Bertz CT molecular complexity index is 3350. The third kappa shape index (κ3) is 11.3. The zero-order valence-electron chi connectivity index (χ0n) is 43.0. The minimum Gasteiger partial charge on any atom is -0.495 e. The lowest BCUT2D eigenvalue weighted by Crippen LogP contribution is -2.59. The van der Waals surface area contributed by atoms with Crippen LogP contribution < -0.4 is 50.0 Å². The van der Waals surface area contributed by atoms with Crippen LogP contribution in [0.25, 0.3) is 44.6 Å². The molecule has 21 nitrogen and oxygen atoms in total. The molecule has 8 heterocycles. The molecular weight excluding hydrogens is 1110 g/mol. The zero-order valence-corrected chi connectivity index (χ0v) is 46.1. The Morgan fingerprint density at radius 3 is 1.56 bits per heavy atom. The van der Waals surface area contributed by atoms with Crippen molar-refractivity contribution in [1.82, 2.24) is 45.4 Å². The van der Waals surface area contributed by atoms with Crippen molar-refractivity contribution in [3.05, 3.63) is 82.1 Å². The van der Waals surface area contributed by atoms with Crippen molar-refractivity contribution < 1.29 is 46.8 Å². The number of rotatable bonds is 20. The molecule has 79 heavy (non-hydrogen) atoms. The van der Waals surface area contributed by atoms with E-state index in [2.05, 4.69) is 54.2 Å². The summed E-state index contributed by atoms with van der Waals surface area (Å²) < 4.78 is 63.4. The van der Waals surface area contributed by atoms with Gasteiger partial charge in [-0.05, 0) is 31.3 Å². The van der Waals surface area contributed by atoms with E-state index in [1.165, 1.54) is 44.6 Å². The van der Waals surface area contributed by atoms with Gasteiger partial charge in [0.25, 0.3) is 5.92 Å². The number of carbonyl (C=O) groups is 2. The van der Waals surface area contributed by atoms with Crippen LogP contribution in [0.4, 0.5) is 32.1 Å². The van der Waals surface area contributed by atoms with Gasteiger partial charge in [-0.2, -0.15) is 0 Å². The first kappa shape index (κ1) is 55.5. The molecule has 0 bridgehead atoms. The van der Waals surface area contributed by atoms with Crippen molar-refractivity contribution in [2.24, 2.45) is 0 Å². The lowest BCUT2D eigenvalue weighted by Gasteiger charge is -2.45. The van der Waals surface area contributed by atoms with E-state index >= 15 is 0 Å². The number of pyridine rings is 2. The first-order valence-electron chi connectivity index (χ1n) is 24.8. The molecule has 6 aromatic rings. The first-order chi connectivity index (χ1) is 38.0. The Morgan fingerprint density at radius 2 is 1.11 bits per heavy atom. The number of nitrogens with one attached hydrogen (secondary N) is 4. The number of fused-ring (bicyclic) bond motifs is 2. The second-order valence-corrected chi connectivity index (χ2v) is 20.6. The number of methoxy groups -OCH3 is 3. The molecule has 416 valence electrons. The smallest absolute Gasteiger partial charge is 0.282 e. The number of amides is 2. The van der Waals surface area contributed by atoms with Gasteiger partial charge in [-0.1, -0.05) is 59.6 Å². The van der Waals surface area contributed by atoms with Gasteiger partial charge in [0.15, 0.2) is 11.6 Å². The number of ether oxygens (including phenoxy) is 6. The monoisotopic (exact) mass is 1170 g/mol. The molecule has 4 aliphatic rings. The topological polar surface area (TPSA) is 225 Å². The Hall–Kier alpha value is -6.86. The van der Waals surface area contributed by atoms with Gasteiger partial charge in [-0.3, -0.25) is 14.5 Å². The Labute approximate surface area is 471 Å². The number of carbonyl (C=O) groups excluding carboxylic acids is 2. The maximum absolute atomic E-state index is 14.5. The van der Waals surface area contributed by atoms with Crippen molar-refractivity contribution in [2.45, 2.75) is 36.1 Å². The van der Waals surface area contributed by atoms with Crippen molar-refractivity contribution in [2.75, 3.05) is 115 Å². The molecule has 0 spiro atoms. The third-order valence-electron chi connectivity index (χ3n) is 14.0. The summed E-state index contributed by atoms with van der Waals surface area (Å²) in [6.45, 7) is 8.83. The van der Waals surface area contributed by atoms with Crippen molar-refractivity contribution in [1.29, 1.82) is 0 Å². The van der Waals surface area contributed by atoms with Crippen LogP contribution in [-0.2, 0) is 19.1 Å². The fourth-order valence-electron chi connectivity index (χ4n) is 9.61. The highest BCUT2D eigenvalue weighted by Gasteiger charge is 2.45. The quantitative estimate of drug-likeness (QED) is 0.0567. The number of anilines is 4. The summed E-state index contributed by atoms with van der Waals surface area (Å²) in [7, 11) is 6.38. The number of likely N-dealkylation sites (N-methyl/N-ethyl adjacent to an activating group) is 1. The van der Waals surface area contributed by atoms with Crippen LogP contribution in [0.2, 0.25) is 20.1 Å². The van der Waals surface area contributed by atoms with E-state index in [1.807, 2.05) is 13.1 Å². The Kier molecular flexibility index (Phi) is 16.2. The highest BCUT2D eigenvalue weighted by molar-refractivity contribution is 6.41. The molecule has 4 aromatic heterocycles. The van der Waals surface area contributed by atoms with E-state index in [-0.39, 0.29) is 116 Å². The average Bonchev–Trinajstić information content (AvgIpc) is 4.08. The zero-order chi connectivity index (χ0) is 55.9. The molecule has 0 radical (unpaired) electrons. The van der Waals surface area contributed by atoms with E-state index < -0.39 is 19.0 Å². The lowest BCUT2D eigenvalue weighted by molar-refractivity contribution is -0.118. The molecule has 0 saturated carbocycles. The minimum atomic E-state index is -2.94. The maximum Gasteiger partial charge on any atom is 0.282 e. The summed E-state index contributed by atoms with van der Waals surface area (Å²) in [5.74, 6) is -0.576. The molecule has 4 saturated heterocycles. The molecule has 27 heteroatoms. The molecule has 4 aliphatic heterocycles. The second-order valence-electron chi connectivity index (χ2n) is 19.1. The average molecular weight is 1170 g/mol. The molecule has 0 aliphatic carbocycles. The van der Waals surface area contributed by atoms with Crippen molar-refractivity contribution in [3.63, 3.8) is 0 Å². The van der Waals surface area contributed by atoms with Gasteiger partial charge >= 0.3 is 0 Å². The van der Waals surface area contributed by atoms with Gasteiger partial charge in [0.05, 0.1) is 140 Å². The van der Waals surface area contributed by atoms with Gasteiger partial charge < -0.3 is 59.5 Å². The summed E-state index contributed by atoms with van der Waals surface area (Å²) in [5.41, 5.74) is 1.31. The summed E-state index contributed by atoms with van der Waals surface area (Å²) in [6.07, 6.45) is 5.51. The summed E-state index contributed by atoms with van der Waals surface area (Å²) in [6, 6.07) is 5.39. The first-order valence-corrected chi connectivity index (χ1v) is 26.3. The maximum atomic E-state index is 14.5. The van der Waals surface area contributed by atoms with Gasteiger partial charge in [-0.15, -0.1) is 0 Å². The predicted molar refractivity (Wildman–Crippen MR) is 297 cm³/mol. The normalized spacial score (nSPS) is 19.7.